The predicted octanol–water partition coefficient (Wildman–Crippen LogP) is 4.17. The highest BCUT2D eigenvalue weighted by molar-refractivity contribution is 7.17. The van der Waals surface area contributed by atoms with E-state index in [0.29, 0.717) is 10.6 Å². The fourth-order valence-electron chi connectivity index (χ4n) is 2.56. The second kappa shape index (κ2) is 6.16. The minimum Gasteiger partial charge on any atom is -0.465 e. The van der Waals surface area contributed by atoms with Crippen LogP contribution in [0.1, 0.15) is 33.6 Å². The second-order valence-corrected chi connectivity index (χ2v) is 7.08. The Morgan fingerprint density at radius 2 is 1.83 bits per heavy atom. The Labute approximate surface area is 139 Å². The fourth-order valence-corrected chi connectivity index (χ4v) is 3.62. The minimum absolute atomic E-state index is 0.00754. The number of nitrogens with one attached hydrogen (secondary N) is 1. The average Bonchev–Trinajstić information content (AvgIpc) is 3.33. The van der Waals surface area contributed by atoms with Crippen LogP contribution >= 0.6 is 11.3 Å². The van der Waals surface area contributed by atoms with Gasteiger partial charge in [0.25, 0.3) is 0 Å². The lowest BCUT2D eigenvalue weighted by Gasteiger charge is -2.08. The van der Waals surface area contributed by atoms with Gasteiger partial charge in [-0.25, -0.2) is 4.79 Å². The molecule has 23 heavy (non-hydrogen) atoms. The van der Waals surface area contributed by atoms with Gasteiger partial charge >= 0.3 is 5.97 Å². The first-order valence-electron chi connectivity index (χ1n) is 7.61. The molecule has 2 aromatic rings. The van der Waals surface area contributed by atoms with E-state index in [9.17, 15) is 9.59 Å². The second-order valence-electron chi connectivity index (χ2n) is 5.86. The zero-order valence-electron chi connectivity index (χ0n) is 13.4. The number of carbonyl (C=O) groups is 2. The number of ether oxygens (including phenoxy) is 1. The number of amides is 1. The SMILES string of the molecule is COC(=O)c1c(NC(=O)C2CC2)sc(C)c1-c1ccc(C)cc1. The van der Waals surface area contributed by atoms with Crippen molar-refractivity contribution in [3.8, 4) is 11.1 Å². The number of rotatable bonds is 4. The van der Waals surface area contributed by atoms with Crippen LogP contribution in [0.25, 0.3) is 11.1 Å². The Morgan fingerprint density at radius 3 is 2.39 bits per heavy atom. The first-order valence-corrected chi connectivity index (χ1v) is 8.42. The number of methoxy groups -OCH3 is 1. The topological polar surface area (TPSA) is 55.4 Å². The number of esters is 1. The standard InChI is InChI=1S/C18H19NO3S/c1-10-4-6-12(7-5-10)14-11(2)23-17(15(14)18(21)22-3)19-16(20)13-8-9-13/h4-7,13H,8-9H2,1-3H3,(H,19,20). The van der Waals surface area contributed by atoms with E-state index in [2.05, 4.69) is 5.32 Å². The van der Waals surface area contributed by atoms with Crippen LogP contribution in [0.4, 0.5) is 5.00 Å². The number of carbonyl (C=O) groups excluding carboxylic acids is 2. The number of anilines is 1. The lowest BCUT2D eigenvalue weighted by molar-refractivity contribution is -0.117. The minimum atomic E-state index is -0.420. The molecule has 0 atom stereocenters. The van der Waals surface area contributed by atoms with E-state index in [1.807, 2.05) is 38.1 Å². The van der Waals surface area contributed by atoms with Crippen LogP contribution in [0, 0.1) is 19.8 Å². The molecule has 1 amide bonds. The van der Waals surface area contributed by atoms with Crippen LogP contribution in [-0.2, 0) is 9.53 Å². The zero-order chi connectivity index (χ0) is 16.6. The van der Waals surface area contributed by atoms with Crippen LogP contribution in [0.15, 0.2) is 24.3 Å². The highest BCUT2D eigenvalue weighted by Gasteiger charge is 2.32. The van der Waals surface area contributed by atoms with Crippen molar-refractivity contribution in [2.45, 2.75) is 26.7 Å². The summed E-state index contributed by atoms with van der Waals surface area (Å²) in [6.45, 7) is 3.98. The van der Waals surface area contributed by atoms with Gasteiger partial charge in [-0.3, -0.25) is 4.79 Å². The molecule has 4 nitrogen and oxygen atoms in total. The third-order valence-electron chi connectivity index (χ3n) is 4.00. The molecule has 1 aromatic heterocycles. The largest absolute Gasteiger partial charge is 0.465 e. The van der Waals surface area contributed by atoms with Crippen LogP contribution in [0.5, 0.6) is 0 Å². The molecule has 3 rings (SSSR count). The Morgan fingerprint density at radius 1 is 1.17 bits per heavy atom. The van der Waals surface area contributed by atoms with E-state index in [-0.39, 0.29) is 11.8 Å². The van der Waals surface area contributed by atoms with Crippen molar-refractivity contribution in [3.63, 3.8) is 0 Å². The molecule has 0 aliphatic heterocycles. The summed E-state index contributed by atoms with van der Waals surface area (Å²) < 4.78 is 4.95. The Kier molecular flexibility index (Phi) is 4.22. The van der Waals surface area contributed by atoms with Gasteiger partial charge in [0.2, 0.25) is 5.91 Å². The monoisotopic (exact) mass is 329 g/mol. The van der Waals surface area contributed by atoms with Gasteiger partial charge in [-0.15, -0.1) is 11.3 Å². The maximum atomic E-state index is 12.3. The molecule has 0 radical (unpaired) electrons. The van der Waals surface area contributed by atoms with E-state index < -0.39 is 5.97 Å². The highest BCUT2D eigenvalue weighted by atomic mass is 32.1. The third kappa shape index (κ3) is 3.15. The van der Waals surface area contributed by atoms with Gasteiger partial charge in [0.05, 0.1) is 7.11 Å². The van der Waals surface area contributed by atoms with Gasteiger partial charge in [0, 0.05) is 16.4 Å². The smallest absolute Gasteiger partial charge is 0.341 e. The molecule has 1 fully saturated rings. The summed E-state index contributed by atoms with van der Waals surface area (Å²) in [7, 11) is 1.36. The number of aryl methyl sites for hydroxylation is 2. The molecule has 0 saturated heterocycles. The van der Waals surface area contributed by atoms with Crippen molar-refractivity contribution >= 4 is 28.2 Å². The van der Waals surface area contributed by atoms with E-state index in [1.54, 1.807) is 0 Å². The summed E-state index contributed by atoms with van der Waals surface area (Å²) in [5, 5.41) is 3.49. The summed E-state index contributed by atoms with van der Waals surface area (Å²) in [5.41, 5.74) is 3.40. The van der Waals surface area contributed by atoms with Crippen molar-refractivity contribution in [1.82, 2.24) is 0 Å². The molecule has 0 spiro atoms. The Hall–Kier alpha value is -2.14. The van der Waals surface area contributed by atoms with E-state index in [0.717, 1.165) is 34.4 Å². The molecule has 0 bridgehead atoms. The van der Waals surface area contributed by atoms with Crippen LogP contribution in [0.3, 0.4) is 0 Å². The molecule has 0 unspecified atom stereocenters. The number of hydrogen-bond donors (Lipinski definition) is 1. The maximum absolute atomic E-state index is 12.3. The van der Waals surface area contributed by atoms with Gasteiger partial charge in [0.1, 0.15) is 10.6 Å². The Bertz CT molecular complexity index is 757. The zero-order valence-corrected chi connectivity index (χ0v) is 14.3. The van der Waals surface area contributed by atoms with Crippen molar-refractivity contribution in [2.24, 2.45) is 5.92 Å². The lowest BCUT2D eigenvalue weighted by atomic mass is 10.0. The predicted molar refractivity (Wildman–Crippen MR) is 91.9 cm³/mol. The fraction of sp³-hybridized carbons (Fsp3) is 0.333. The van der Waals surface area contributed by atoms with Crippen LogP contribution < -0.4 is 5.32 Å². The number of thiophene rings is 1. The first kappa shape index (κ1) is 15.7. The molecule has 1 aliphatic rings. The van der Waals surface area contributed by atoms with Crippen LogP contribution in [-0.4, -0.2) is 19.0 Å². The average molecular weight is 329 g/mol. The van der Waals surface area contributed by atoms with E-state index in [1.165, 1.54) is 18.4 Å². The molecule has 5 heteroatoms. The summed E-state index contributed by atoms with van der Waals surface area (Å²) >= 11 is 1.42. The molecular weight excluding hydrogens is 310 g/mol. The molecule has 1 heterocycles. The van der Waals surface area contributed by atoms with Crippen LogP contribution in [0.2, 0.25) is 0 Å². The normalized spacial score (nSPS) is 13.7. The van der Waals surface area contributed by atoms with Crippen molar-refractivity contribution < 1.29 is 14.3 Å². The molecular formula is C18H19NO3S. The lowest BCUT2D eigenvalue weighted by Crippen LogP contribution is -2.15. The molecule has 1 saturated carbocycles. The molecule has 1 aromatic carbocycles. The summed E-state index contributed by atoms with van der Waals surface area (Å²) in [5.74, 6) is -0.339. The van der Waals surface area contributed by atoms with E-state index >= 15 is 0 Å². The third-order valence-corrected chi connectivity index (χ3v) is 5.02. The quantitative estimate of drug-likeness (QED) is 0.857. The van der Waals surface area contributed by atoms with Gasteiger partial charge in [0.15, 0.2) is 0 Å². The van der Waals surface area contributed by atoms with Crippen molar-refractivity contribution in [3.05, 3.63) is 40.3 Å². The molecule has 1 aliphatic carbocycles. The van der Waals surface area contributed by atoms with Gasteiger partial charge in [-0.2, -0.15) is 0 Å². The van der Waals surface area contributed by atoms with Gasteiger partial charge in [-0.05, 0) is 32.3 Å². The number of benzene rings is 1. The maximum Gasteiger partial charge on any atom is 0.341 e. The van der Waals surface area contributed by atoms with E-state index in [4.69, 9.17) is 4.74 Å². The number of hydrogen-bond acceptors (Lipinski definition) is 4. The summed E-state index contributed by atoms with van der Waals surface area (Å²) in [6, 6.07) is 8.00. The highest BCUT2D eigenvalue weighted by Crippen LogP contribution is 2.41. The molecule has 120 valence electrons. The summed E-state index contributed by atoms with van der Waals surface area (Å²) in [6.07, 6.45) is 1.85. The van der Waals surface area contributed by atoms with Gasteiger partial charge in [-0.1, -0.05) is 29.8 Å². The van der Waals surface area contributed by atoms with Crippen molar-refractivity contribution in [2.75, 3.05) is 12.4 Å². The Balaban J connectivity index is 2.06. The summed E-state index contributed by atoms with van der Waals surface area (Å²) in [4.78, 5) is 25.4. The molecule has 1 N–H and O–H groups in total. The van der Waals surface area contributed by atoms with Gasteiger partial charge < -0.3 is 10.1 Å². The first-order chi connectivity index (χ1) is 11.0. The van der Waals surface area contributed by atoms with Crippen molar-refractivity contribution in [1.29, 1.82) is 0 Å².